The summed E-state index contributed by atoms with van der Waals surface area (Å²) in [6.07, 6.45) is -4.17. The van der Waals surface area contributed by atoms with Gasteiger partial charge in [-0.05, 0) is 72.3 Å². The molecule has 7 nitrogen and oxygen atoms in total. The van der Waals surface area contributed by atoms with Gasteiger partial charge in [0.1, 0.15) is 0 Å². The zero-order chi connectivity index (χ0) is 27.7. The van der Waals surface area contributed by atoms with Gasteiger partial charge >= 0.3 is 24.3 Å². The summed E-state index contributed by atoms with van der Waals surface area (Å²) >= 11 is 1.81. The maximum absolute atomic E-state index is 10.6. The van der Waals surface area contributed by atoms with Crippen molar-refractivity contribution in [2.45, 2.75) is 44.7 Å². The molecular formula is C23H27F6N3O4S. The molecule has 2 N–H and O–H groups in total. The van der Waals surface area contributed by atoms with Crippen molar-refractivity contribution in [2.24, 2.45) is 5.41 Å². The van der Waals surface area contributed by atoms with E-state index in [1.54, 1.807) is 0 Å². The fourth-order valence-corrected chi connectivity index (χ4v) is 4.96. The SMILES string of the molecule is O=C(O)C(F)(F)F.O=C(O)C(F)(F)F.c1ccc(CN2CCCC3(CCN(Cc4ccsc4)C3)C2)nc1. The molecule has 2 aromatic rings. The normalized spacial score (nSPS) is 20.5. The second kappa shape index (κ2) is 13.2. The van der Waals surface area contributed by atoms with Crippen LogP contribution in [0, 0.1) is 5.41 Å². The highest BCUT2D eigenvalue weighted by Gasteiger charge is 2.41. The van der Waals surface area contributed by atoms with E-state index in [0.717, 1.165) is 13.1 Å². The van der Waals surface area contributed by atoms with E-state index in [9.17, 15) is 26.3 Å². The molecule has 0 amide bonds. The number of aliphatic carboxylic acids is 2. The number of halogens is 6. The molecule has 2 aliphatic rings. The molecule has 0 aromatic carbocycles. The quantitative estimate of drug-likeness (QED) is 0.519. The van der Waals surface area contributed by atoms with E-state index in [-0.39, 0.29) is 0 Å². The second-order valence-electron chi connectivity index (χ2n) is 8.83. The Morgan fingerprint density at radius 2 is 1.51 bits per heavy atom. The number of carboxylic acids is 2. The largest absolute Gasteiger partial charge is 0.490 e. The van der Waals surface area contributed by atoms with Crippen molar-refractivity contribution in [3.05, 3.63) is 52.5 Å². The zero-order valence-electron chi connectivity index (χ0n) is 19.6. The topological polar surface area (TPSA) is 94.0 Å². The van der Waals surface area contributed by atoms with Crippen LogP contribution in [0.1, 0.15) is 30.5 Å². The van der Waals surface area contributed by atoms with Crippen LogP contribution in [-0.2, 0) is 22.7 Å². The molecule has 0 radical (unpaired) electrons. The van der Waals surface area contributed by atoms with Gasteiger partial charge in [0.2, 0.25) is 0 Å². The predicted octanol–water partition coefficient (Wildman–Crippen LogP) is 4.90. The van der Waals surface area contributed by atoms with E-state index in [1.807, 2.05) is 23.6 Å². The average Bonchev–Trinajstić information content (AvgIpc) is 3.45. The highest BCUT2D eigenvalue weighted by atomic mass is 32.1. The molecule has 0 saturated carbocycles. The van der Waals surface area contributed by atoms with Crippen LogP contribution in [0.4, 0.5) is 26.3 Å². The van der Waals surface area contributed by atoms with E-state index in [2.05, 4.69) is 43.7 Å². The molecule has 14 heteroatoms. The highest BCUT2D eigenvalue weighted by molar-refractivity contribution is 7.07. The number of carboxylic acid groups (broad SMARTS) is 2. The van der Waals surface area contributed by atoms with E-state index >= 15 is 0 Å². The van der Waals surface area contributed by atoms with Gasteiger partial charge in [0, 0.05) is 32.4 Å². The Labute approximate surface area is 213 Å². The Morgan fingerprint density at radius 1 is 0.919 bits per heavy atom. The molecule has 2 fully saturated rings. The first kappa shape index (κ1) is 30.5. The molecule has 2 aromatic heterocycles. The van der Waals surface area contributed by atoms with Crippen LogP contribution in [-0.4, -0.2) is 75.5 Å². The van der Waals surface area contributed by atoms with Crippen LogP contribution in [0.15, 0.2) is 41.2 Å². The van der Waals surface area contributed by atoms with E-state index < -0.39 is 24.3 Å². The Bertz CT molecular complexity index is 965. The van der Waals surface area contributed by atoms with E-state index in [4.69, 9.17) is 19.8 Å². The first-order valence-electron chi connectivity index (χ1n) is 11.2. The van der Waals surface area contributed by atoms with Crippen molar-refractivity contribution < 1.29 is 46.1 Å². The maximum Gasteiger partial charge on any atom is 0.490 e. The van der Waals surface area contributed by atoms with Crippen LogP contribution in [0.5, 0.6) is 0 Å². The fourth-order valence-electron chi connectivity index (χ4n) is 4.30. The summed E-state index contributed by atoms with van der Waals surface area (Å²) in [6.45, 7) is 7.13. The van der Waals surface area contributed by atoms with Crippen LogP contribution < -0.4 is 0 Å². The van der Waals surface area contributed by atoms with Gasteiger partial charge < -0.3 is 10.2 Å². The number of pyridine rings is 1. The summed E-state index contributed by atoms with van der Waals surface area (Å²) in [5, 5.41) is 18.7. The molecule has 0 aliphatic carbocycles. The fraction of sp³-hybridized carbons (Fsp3) is 0.522. The number of aromatic nitrogens is 1. The van der Waals surface area contributed by atoms with Gasteiger partial charge in [-0.1, -0.05) is 6.07 Å². The van der Waals surface area contributed by atoms with Crippen molar-refractivity contribution in [3.8, 4) is 0 Å². The molecule has 4 rings (SSSR count). The molecule has 4 heterocycles. The Balaban J connectivity index is 0.000000286. The summed E-state index contributed by atoms with van der Waals surface area (Å²) in [4.78, 5) is 27.6. The minimum atomic E-state index is -5.08. The molecule has 1 spiro atoms. The van der Waals surface area contributed by atoms with Crippen LogP contribution >= 0.6 is 11.3 Å². The van der Waals surface area contributed by atoms with Gasteiger partial charge in [0.05, 0.1) is 5.69 Å². The number of alkyl halides is 6. The first-order chi connectivity index (χ1) is 17.2. The van der Waals surface area contributed by atoms with Gasteiger partial charge in [-0.3, -0.25) is 14.8 Å². The third-order valence-corrected chi connectivity index (χ3v) is 6.57. The van der Waals surface area contributed by atoms with Gasteiger partial charge in [-0.15, -0.1) is 0 Å². The molecule has 0 bridgehead atoms. The summed E-state index contributed by atoms with van der Waals surface area (Å²) in [6, 6.07) is 8.52. The zero-order valence-corrected chi connectivity index (χ0v) is 20.5. The molecule has 1 unspecified atom stereocenters. The number of hydrogen-bond acceptors (Lipinski definition) is 6. The molecule has 2 aliphatic heterocycles. The molecular weight excluding hydrogens is 528 g/mol. The Hall–Kier alpha value is -2.71. The van der Waals surface area contributed by atoms with Crippen LogP contribution in [0.25, 0.3) is 0 Å². The first-order valence-corrected chi connectivity index (χ1v) is 12.1. The predicted molar refractivity (Wildman–Crippen MR) is 123 cm³/mol. The number of likely N-dealkylation sites (tertiary alicyclic amines) is 2. The van der Waals surface area contributed by atoms with E-state index in [1.165, 1.54) is 56.7 Å². The summed E-state index contributed by atoms with van der Waals surface area (Å²) < 4.78 is 63.5. The standard InChI is InChI=1S/C19H25N3S.2C2HF3O2/c1-2-8-20-18(4-1)13-21-9-3-6-19(15-21)7-10-22(16-19)12-17-5-11-23-14-17;2*3-2(4,5)1(6)7/h1-2,4-5,8,11,14H,3,6-7,9-10,12-13,15-16H2;2*(H,6,7). The molecule has 37 heavy (non-hydrogen) atoms. The number of hydrogen-bond donors (Lipinski definition) is 2. The summed E-state index contributed by atoms with van der Waals surface area (Å²) in [5.74, 6) is -5.51. The van der Waals surface area contributed by atoms with Crippen molar-refractivity contribution in [1.29, 1.82) is 0 Å². The summed E-state index contributed by atoms with van der Waals surface area (Å²) in [5.41, 5.74) is 3.20. The lowest BCUT2D eigenvalue weighted by Gasteiger charge is -2.40. The minimum Gasteiger partial charge on any atom is -0.475 e. The number of carbonyl (C=O) groups is 2. The lowest BCUT2D eigenvalue weighted by molar-refractivity contribution is -0.193. The third kappa shape index (κ3) is 10.7. The third-order valence-electron chi connectivity index (χ3n) is 5.84. The Morgan fingerprint density at radius 3 is 2.00 bits per heavy atom. The number of piperidine rings is 1. The summed E-state index contributed by atoms with van der Waals surface area (Å²) in [7, 11) is 0. The van der Waals surface area contributed by atoms with Gasteiger partial charge in [-0.2, -0.15) is 37.7 Å². The minimum absolute atomic E-state index is 0.517. The van der Waals surface area contributed by atoms with Crippen LogP contribution in [0.2, 0.25) is 0 Å². The van der Waals surface area contributed by atoms with Crippen molar-refractivity contribution in [3.63, 3.8) is 0 Å². The number of rotatable bonds is 4. The lowest BCUT2D eigenvalue weighted by Crippen LogP contribution is -2.44. The monoisotopic (exact) mass is 555 g/mol. The van der Waals surface area contributed by atoms with Gasteiger partial charge in [0.15, 0.2) is 0 Å². The van der Waals surface area contributed by atoms with Crippen molar-refractivity contribution >= 4 is 23.3 Å². The van der Waals surface area contributed by atoms with Crippen molar-refractivity contribution in [1.82, 2.24) is 14.8 Å². The van der Waals surface area contributed by atoms with Gasteiger partial charge in [0.25, 0.3) is 0 Å². The second-order valence-corrected chi connectivity index (χ2v) is 9.61. The smallest absolute Gasteiger partial charge is 0.475 e. The highest BCUT2D eigenvalue weighted by Crippen LogP contribution is 2.39. The molecule has 206 valence electrons. The Kier molecular flexibility index (Phi) is 10.9. The molecule has 2 saturated heterocycles. The van der Waals surface area contributed by atoms with Crippen LogP contribution in [0.3, 0.4) is 0 Å². The number of thiophene rings is 1. The average molecular weight is 556 g/mol. The van der Waals surface area contributed by atoms with Gasteiger partial charge in [-0.25, -0.2) is 9.59 Å². The van der Waals surface area contributed by atoms with E-state index in [0.29, 0.717) is 5.41 Å². The van der Waals surface area contributed by atoms with Crippen molar-refractivity contribution in [2.75, 3.05) is 26.2 Å². The maximum atomic E-state index is 10.6. The molecule has 1 atom stereocenters. The lowest BCUT2D eigenvalue weighted by atomic mass is 9.79. The number of nitrogens with zero attached hydrogens (tertiary/aromatic N) is 3.